The number of hydrogen-bond acceptors (Lipinski definition) is 2. The van der Waals surface area contributed by atoms with Crippen molar-refractivity contribution in [2.45, 2.75) is 41.5 Å². The summed E-state index contributed by atoms with van der Waals surface area (Å²) in [6, 6.07) is 13.2. The molecule has 0 amide bonds. The molecule has 5 heterocycles. The summed E-state index contributed by atoms with van der Waals surface area (Å²) in [5.41, 5.74) is 2.84. The molecule has 0 atom stereocenters. The molecule has 2 aliphatic rings. The third kappa shape index (κ3) is 6.45. The van der Waals surface area contributed by atoms with Gasteiger partial charge in [0.1, 0.15) is 0 Å². The van der Waals surface area contributed by atoms with Crippen LogP contribution in [-0.4, -0.2) is 19.9 Å². The Labute approximate surface area is 358 Å². The van der Waals surface area contributed by atoms with Gasteiger partial charge in [0.2, 0.25) is 11.6 Å². The van der Waals surface area contributed by atoms with Gasteiger partial charge in [0.25, 0.3) is 0 Å². The van der Waals surface area contributed by atoms with Gasteiger partial charge >= 0.3 is 0 Å². The van der Waals surface area contributed by atoms with Crippen molar-refractivity contribution in [1.82, 2.24) is 19.9 Å². The van der Waals surface area contributed by atoms with E-state index in [0.29, 0.717) is 27.8 Å². The minimum Gasteiger partial charge on any atom is -0.354 e. The molecule has 0 saturated heterocycles. The normalized spacial score (nSPS) is 12.2. The first-order valence-corrected chi connectivity index (χ1v) is 19.7. The van der Waals surface area contributed by atoms with Crippen molar-refractivity contribution in [1.29, 1.82) is 0 Å². The van der Waals surface area contributed by atoms with Crippen LogP contribution in [0.1, 0.15) is 56.2 Å². The Kier molecular flexibility index (Phi) is 10.0. The quantitative estimate of drug-likeness (QED) is 0.105. The number of aromatic nitrogens is 4. The standard InChI is InChI=1S/C50H32F10N4/c1-19-15-21(3)33(22(4)16-19)35-25-7-11-29(61-25)37(39-41(51)45(55)49(59)46(56)42(39)52)31-13-9-27(63-31)36(34-23(5)17-20(2)18-24(34)6)28-10-14-32(64-28)38(30-12-8-26(35)62-30)40-43(53)47(57)50(60)48(58)44(40)54/h7-18,61-62H,1-6H3. The van der Waals surface area contributed by atoms with Crippen molar-refractivity contribution in [3.05, 3.63) is 163 Å². The molecule has 0 fully saturated rings. The van der Waals surface area contributed by atoms with Crippen LogP contribution in [0, 0.1) is 99.7 Å². The van der Waals surface area contributed by atoms with Crippen molar-refractivity contribution in [3.8, 4) is 44.5 Å². The van der Waals surface area contributed by atoms with Crippen LogP contribution >= 0.6 is 0 Å². The van der Waals surface area contributed by atoms with E-state index < -0.39 is 80.4 Å². The Morgan fingerprint density at radius 3 is 0.859 bits per heavy atom. The Hall–Kier alpha value is -7.22. The van der Waals surface area contributed by atoms with Crippen LogP contribution in [0.5, 0.6) is 0 Å². The van der Waals surface area contributed by atoms with E-state index in [4.69, 9.17) is 9.97 Å². The minimum atomic E-state index is -2.35. The maximum absolute atomic E-state index is 16.0. The Balaban J connectivity index is 1.57. The summed E-state index contributed by atoms with van der Waals surface area (Å²) in [4.78, 5) is 15.8. The van der Waals surface area contributed by atoms with Gasteiger partial charge in [0.05, 0.1) is 33.9 Å². The zero-order valence-corrected chi connectivity index (χ0v) is 34.6. The van der Waals surface area contributed by atoms with Gasteiger partial charge in [0.15, 0.2) is 46.5 Å². The summed E-state index contributed by atoms with van der Waals surface area (Å²) < 4.78 is 154. The lowest BCUT2D eigenvalue weighted by Crippen LogP contribution is -2.05. The predicted molar refractivity (Wildman–Crippen MR) is 229 cm³/mol. The van der Waals surface area contributed by atoms with E-state index in [-0.39, 0.29) is 50.4 Å². The molecule has 8 bridgehead atoms. The van der Waals surface area contributed by atoms with Gasteiger partial charge in [-0.05, 0) is 123 Å². The molecule has 14 heteroatoms. The summed E-state index contributed by atoms with van der Waals surface area (Å²) in [6.45, 7) is 10.9. The molecule has 4 aromatic carbocycles. The van der Waals surface area contributed by atoms with Crippen molar-refractivity contribution >= 4 is 46.4 Å². The molecule has 322 valence electrons. The highest BCUT2D eigenvalue weighted by Crippen LogP contribution is 2.44. The van der Waals surface area contributed by atoms with Gasteiger partial charge < -0.3 is 9.97 Å². The van der Waals surface area contributed by atoms with E-state index in [1.807, 2.05) is 52.0 Å². The maximum Gasteiger partial charge on any atom is 0.200 e. The first kappa shape index (κ1) is 42.1. The van der Waals surface area contributed by atoms with Gasteiger partial charge in [0, 0.05) is 44.3 Å². The van der Waals surface area contributed by atoms with Crippen LogP contribution in [0.2, 0.25) is 0 Å². The van der Waals surface area contributed by atoms with Gasteiger partial charge in [-0.3, -0.25) is 0 Å². The van der Waals surface area contributed by atoms with E-state index in [1.165, 1.54) is 48.6 Å². The van der Waals surface area contributed by atoms with Crippen LogP contribution in [0.25, 0.3) is 90.9 Å². The number of nitrogens with one attached hydrogen (secondary N) is 2. The Bertz CT molecular complexity index is 3190. The fourth-order valence-corrected chi connectivity index (χ4v) is 9.06. The lowest BCUT2D eigenvalue weighted by molar-refractivity contribution is 0.381. The SMILES string of the molecule is Cc1cc(C)c(-c2c3nc(c(-c4c(F)c(F)c(F)c(F)c4F)c4ccc([nH]4)c(-c4c(C)cc(C)cc4C)c4ccc([nH]4)c(-c4c(F)c(F)c(F)c(F)c4F)c4nc2C=C4)C=C3)c(C)c1. The van der Waals surface area contributed by atoms with E-state index in [2.05, 4.69) is 9.97 Å². The van der Waals surface area contributed by atoms with Gasteiger partial charge in [-0.25, -0.2) is 53.9 Å². The number of aromatic amines is 2. The molecule has 0 aliphatic carbocycles. The molecule has 2 aliphatic heterocycles. The van der Waals surface area contributed by atoms with Crippen LogP contribution in [-0.2, 0) is 0 Å². The lowest BCUT2D eigenvalue weighted by atomic mass is 9.92. The first-order chi connectivity index (χ1) is 30.4. The van der Waals surface area contributed by atoms with E-state index >= 15 is 35.1 Å². The summed E-state index contributed by atoms with van der Waals surface area (Å²) in [5, 5.41) is 0. The van der Waals surface area contributed by atoms with E-state index in [9.17, 15) is 8.78 Å². The van der Waals surface area contributed by atoms with Gasteiger partial charge in [-0.15, -0.1) is 0 Å². The van der Waals surface area contributed by atoms with Gasteiger partial charge in [-0.1, -0.05) is 35.4 Å². The molecule has 3 aromatic heterocycles. The number of benzene rings is 4. The molecule has 7 aromatic rings. The monoisotopic (exact) mass is 878 g/mol. The van der Waals surface area contributed by atoms with Crippen LogP contribution in [0.4, 0.5) is 43.9 Å². The molecular weight excluding hydrogens is 847 g/mol. The number of halogens is 10. The number of aryl methyl sites for hydroxylation is 6. The molecule has 0 spiro atoms. The lowest BCUT2D eigenvalue weighted by Gasteiger charge is -2.14. The fourth-order valence-electron chi connectivity index (χ4n) is 9.06. The van der Waals surface area contributed by atoms with Crippen molar-refractivity contribution < 1.29 is 43.9 Å². The molecule has 64 heavy (non-hydrogen) atoms. The van der Waals surface area contributed by atoms with Crippen molar-refractivity contribution in [3.63, 3.8) is 0 Å². The molecular formula is C50H32F10N4. The van der Waals surface area contributed by atoms with Crippen LogP contribution < -0.4 is 0 Å². The highest BCUT2D eigenvalue weighted by Gasteiger charge is 2.32. The van der Waals surface area contributed by atoms with Crippen molar-refractivity contribution in [2.75, 3.05) is 0 Å². The zero-order valence-electron chi connectivity index (χ0n) is 34.6. The number of nitrogens with zero attached hydrogens (tertiary/aromatic N) is 2. The minimum absolute atomic E-state index is 0.0908. The summed E-state index contributed by atoms with van der Waals surface area (Å²) in [5.74, 6) is -21.8. The first-order valence-electron chi connectivity index (χ1n) is 19.7. The second-order valence-corrected chi connectivity index (χ2v) is 15.9. The molecule has 4 nitrogen and oxygen atoms in total. The van der Waals surface area contributed by atoms with Crippen molar-refractivity contribution in [2.24, 2.45) is 0 Å². The smallest absolute Gasteiger partial charge is 0.200 e. The van der Waals surface area contributed by atoms with Crippen LogP contribution in [0.3, 0.4) is 0 Å². The number of fused-ring (bicyclic) bond motifs is 8. The topological polar surface area (TPSA) is 57.4 Å². The largest absolute Gasteiger partial charge is 0.354 e. The number of H-pyrrole nitrogens is 2. The average molecular weight is 879 g/mol. The average Bonchev–Trinajstić information content (AvgIpc) is 4.09. The molecule has 0 radical (unpaired) electrons. The molecule has 2 N–H and O–H groups in total. The van der Waals surface area contributed by atoms with E-state index in [0.717, 1.165) is 22.3 Å². The number of rotatable bonds is 4. The third-order valence-corrected chi connectivity index (χ3v) is 11.5. The van der Waals surface area contributed by atoms with Gasteiger partial charge in [-0.2, -0.15) is 0 Å². The second-order valence-electron chi connectivity index (χ2n) is 15.9. The fraction of sp³-hybridized carbons (Fsp3) is 0.120. The summed E-state index contributed by atoms with van der Waals surface area (Å²) in [6.07, 6.45) is 5.58. The summed E-state index contributed by atoms with van der Waals surface area (Å²) in [7, 11) is 0. The van der Waals surface area contributed by atoms with Crippen LogP contribution in [0.15, 0.2) is 48.5 Å². The highest BCUT2D eigenvalue weighted by molar-refractivity contribution is 6.01. The highest BCUT2D eigenvalue weighted by atomic mass is 19.2. The third-order valence-electron chi connectivity index (χ3n) is 11.5. The summed E-state index contributed by atoms with van der Waals surface area (Å²) >= 11 is 0. The maximum atomic E-state index is 16.0. The second kappa shape index (κ2) is 15.2. The van der Waals surface area contributed by atoms with E-state index in [1.54, 1.807) is 13.8 Å². The zero-order chi connectivity index (χ0) is 45.8. The Morgan fingerprint density at radius 2 is 0.547 bits per heavy atom. The number of hydrogen-bond donors (Lipinski definition) is 2. The predicted octanol–water partition coefficient (Wildman–Crippen LogP) is 14.6. The Morgan fingerprint density at radius 1 is 0.297 bits per heavy atom. The molecule has 0 unspecified atom stereocenters. The molecule has 9 rings (SSSR count). The molecule has 0 saturated carbocycles.